The van der Waals surface area contributed by atoms with E-state index in [0.29, 0.717) is 21.9 Å². The van der Waals surface area contributed by atoms with Crippen molar-refractivity contribution in [3.63, 3.8) is 0 Å². The van der Waals surface area contributed by atoms with Gasteiger partial charge in [0, 0.05) is 20.2 Å². The number of nitrogens with one attached hydrogen (secondary N) is 1. The van der Waals surface area contributed by atoms with E-state index in [9.17, 15) is 9.59 Å². The Morgan fingerprint density at radius 2 is 1.67 bits per heavy atom. The first-order valence-corrected chi connectivity index (χ1v) is 11.1. The Labute approximate surface area is 197 Å². The number of nitrogens with two attached hydrogens (primary N) is 2. The molecule has 0 spiro atoms. The maximum Gasteiger partial charge on any atom is 0.350 e. The molecule has 0 unspecified atom stereocenters. The third-order valence-electron chi connectivity index (χ3n) is 4.26. The number of thiophene rings is 2. The van der Waals surface area contributed by atoms with Gasteiger partial charge in [0.1, 0.15) is 9.58 Å². The van der Waals surface area contributed by atoms with Crippen LogP contribution in [0.4, 0.5) is 5.69 Å². The van der Waals surface area contributed by atoms with Gasteiger partial charge in [-0.25, -0.2) is 9.78 Å². The fourth-order valence-electron chi connectivity index (χ4n) is 2.95. The second-order valence-electron chi connectivity index (χ2n) is 6.21. The van der Waals surface area contributed by atoms with E-state index >= 15 is 0 Å². The van der Waals surface area contributed by atoms with Gasteiger partial charge >= 0.3 is 5.97 Å². The van der Waals surface area contributed by atoms with E-state index in [4.69, 9.17) is 15.3 Å². The molecule has 2 aromatic carbocycles. The van der Waals surface area contributed by atoms with Crippen LogP contribution in [0.25, 0.3) is 30.4 Å². The van der Waals surface area contributed by atoms with Gasteiger partial charge in [0.05, 0.1) is 24.1 Å². The van der Waals surface area contributed by atoms with Crippen LogP contribution in [0.3, 0.4) is 0 Å². The van der Waals surface area contributed by atoms with Crippen molar-refractivity contribution in [2.75, 3.05) is 12.3 Å². The zero-order valence-corrected chi connectivity index (χ0v) is 18.7. The summed E-state index contributed by atoms with van der Waals surface area (Å²) in [4.78, 5) is 38.9. The molecule has 0 atom stereocenters. The summed E-state index contributed by atoms with van der Waals surface area (Å²) in [5, 5.41) is 1.98. The van der Waals surface area contributed by atoms with Crippen molar-refractivity contribution in [3.05, 3.63) is 70.1 Å². The van der Waals surface area contributed by atoms with E-state index in [1.54, 1.807) is 6.92 Å². The van der Waals surface area contributed by atoms with E-state index in [2.05, 4.69) is 15.7 Å². The van der Waals surface area contributed by atoms with E-state index in [-0.39, 0.29) is 25.4 Å². The van der Waals surface area contributed by atoms with Gasteiger partial charge < -0.3 is 21.2 Å². The summed E-state index contributed by atoms with van der Waals surface area (Å²) in [6.07, 6.45) is 1.70. The van der Waals surface area contributed by atoms with Crippen LogP contribution in [0.5, 0.6) is 0 Å². The zero-order chi connectivity index (χ0) is 23.1. The lowest BCUT2D eigenvalue weighted by atomic mass is 10.2. The van der Waals surface area contributed by atoms with Gasteiger partial charge in [-0.3, -0.25) is 9.59 Å². The summed E-state index contributed by atoms with van der Waals surface area (Å²) < 4.78 is 7.75. The fraction of sp³-hybridized carbons (Fsp3) is 0.130. The number of anilines is 1. The van der Waals surface area contributed by atoms with Crippen LogP contribution in [-0.2, 0) is 9.53 Å². The van der Waals surface area contributed by atoms with Crippen LogP contribution < -0.4 is 17.0 Å². The monoisotopic (exact) mass is 484 g/mol. The highest BCUT2D eigenvalue weighted by molar-refractivity contribution is 7.25. The topological polar surface area (TPSA) is 141 Å². The summed E-state index contributed by atoms with van der Waals surface area (Å²) in [6.45, 7) is 2.15. The Hall–Kier alpha value is -3.76. The predicted molar refractivity (Wildman–Crippen MR) is 137 cm³/mol. The standard InChI is InChI=1S/C11H11NO2S.C10H6N2OS.CH3NO.CH4/c1-2-14-11(13)10-9(12)7-5-3-4-6-8(7)15-10;13-10-9-8(11-5-12-10)6-3-1-2-4-7(6)14-9;2-1-3;/h3-6H,2,12H2,1H3;1-5H,(H,11,12,13);1H,(H2,2,3);1H4. The number of ether oxygens (including phenoxy) is 1. The number of H-pyrrole nitrogens is 1. The molecule has 3 heterocycles. The van der Waals surface area contributed by atoms with Gasteiger partial charge in [-0.05, 0) is 19.1 Å². The highest BCUT2D eigenvalue weighted by atomic mass is 32.1. The number of nitrogen functional groups attached to an aromatic ring is 1. The van der Waals surface area contributed by atoms with Crippen LogP contribution in [-0.4, -0.2) is 29.0 Å². The van der Waals surface area contributed by atoms with Crippen molar-refractivity contribution in [1.82, 2.24) is 9.97 Å². The third kappa shape index (κ3) is 5.54. The summed E-state index contributed by atoms with van der Waals surface area (Å²) in [7, 11) is 0. The van der Waals surface area contributed by atoms with Gasteiger partial charge in [0.15, 0.2) is 0 Å². The summed E-state index contributed by atoms with van der Waals surface area (Å²) >= 11 is 2.85. The van der Waals surface area contributed by atoms with E-state index in [1.807, 2.05) is 48.5 Å². The van der Waals surface area contributed by atoms with Crippen molar-refractivity contribution >= 4 is 71.1 Å². The average molecular weight is 485 g/mol. The van der Waals surface area contributed by atoms with Crippen LogP contribution in [0, 0.1) is 0 Å². The number of carbonyl (C=O) groups excluding carboxylic acids is 2. The highest BCUT2D eigenvalue weighted by Gasteiger charge is 2.16. The summed E-state index contributed by atoms with van der Waals surface area (Å²) in [5.41, 5.74) is 11.3. The predicted octanol–water partition coefficient (Wildman–Crippen LogP) is 4.54. The summed E-state index contributed by atoms with van der Waals surface area (Å²) in [5.74, 6) is -0.337. The molecule has 0 aliphatic heterocycles. The number of fused-ring (bicyclic) bond motifs is 4. The molecule has 172 valence electrons. The normalized spacial score (nSPS) is 9.85. The lowest BCUT2D eigenvalue weighted by molar-refractivity contribution is -0.106. The first-order chi connectivity index (χ1) is 15.5. The molecule has 1 amide bonds. The highest BCUT2D eigenvalue weighted by Crippen LogP contribution is 2.33. The quantitative estimate of drug-likeness (QED) is 0.248. The molecule has 5 aromatic rings. The molecule has 0 bridgehead atoms. The zero-order valence-electron chi connectivity index (χ0n) is 17.0. The van der Waals surface area contributed by atoms with Crippen molar-refractivity contribution < 1.29 is 14.3 Å². The number of amides is 1. The molecule has 10 heteroatoms. The Bertz CT molecular complexity index is 1440. The first-order valence-electron chi connectivity index (χ1n) is 9.46. The van der Waals surface area contributed by atoms with Crippen LogP contribution >= 0.6 is 22.7 Å². The average Bonchev–Trinajstić information content (AvgIpc) is 3.34. The van der Waals surface area contributed by atoms with Gasteiger partial charge in [0.25, 0.3) is 5.56 Å². The van der Waals surface area contributed by atoms with Gasteiger partial charge in [-0.1, -0.05) is 43.8 Å². The number of benzene rings is 2. The van der Waals surface area contributed by atoms with Gasteiger partial charge in [0.2, 0.25) is 6.41 Å². The maximum absolute atomic E-state index is 11.5. The molecule has 0 radical (unpaired) electrons. The van der Waals surface area contributed by atoms with Crippen molar-refractivity contribution in [3.8, 4) is 0 Å². The molecular formula is C23H24N4O4S2. The number of primary amides is 1. The molecule has 5 rings (SSSR count). The minimum absolute atomic E-state index is 0. The summed E-state index contributed by atoms with van der Waals surface area (Å²) in [6, 6.07) is 15.6. The molecule has 0 aliphatic rings. The molecule has 0 aliphatic carbocycles. The molecule has 5 N–H and O–H groups in total. The van der Waals surface area contributed by atoms with Crippen molar-refractivity contribution in [2.45, 2.75) is 14.4 Å². The van der Waals surface area contributed by atoms with Gasteiger partial charge in [-0.2, -0.15) is 0 Å². The number of hydrogen-bond donors (Lipinski definition) is 3. The minimum atomic E-state index is -0.337. The SMILES string of the molecule is C.CCOC(=O)c1sc2ccccc2c1N.NC=O.O=c1[nH]cnc2c1sc1ccccc12. The smallest absolute Gasteiger partial charge is 0.350 e. The van der Waals surface area contributed by atoms with Crippen molar-refractivity contribution in [1.29, 1.82) is 0 Å². The Kier molecular flexibility index (Phi) is 9.08. The Balaban J connectivity index is 0.000000204. The molecule has 0 fully saturated rings. The number of hydrogen-bond acceptors (Lipinski definition) is 8. The number of rotatable bonds is 2. The lowest BCUT2D eigenvalue weighted by Gasteiger charge is -1.98. The Morgan fingerprint density at radius 3 is 2.27 bits per heavy atom. The van der Waals surface area contributed by atoms with Crippen LogP contribution in [0.2, 0.25) is 0 Å². The van der Waals surface area contributed by atoms with Crippen molar-refractivity contribution in [2.24, 2.45) is 5.73 Å². The van der Waals surface area contributed by atoms with Gasteiger partial charge in [-0.15, -0.1) is 22.7 Å². The fourth-order valence-corrected chi connectivity index (χ4v) is 5.02. The third-order valence-corrected chi connectivity index (χ3v) is 6.58. The number of esters is 1. The molecule has 0 saturated carbocycles. The second kappa shape index (κ2) is 11.7. The number of nitrogens with zero attached hydrogens (tertiary/aromatic N) is 1. The number of aromatic nitrogens is 2. The van der Waals surface area contributed by atoms with Crippen LogP contribution in [0.1, 0.15) is 24.0 Å². The number of aromatic amines is 1. The molecular weight excluding hydrogens is 460 g/mol. The van der Waals surface area contributed by atoms with E-state index in [1.165, 1.54) is 29.0 Å². The first kappa shape index (κ1) is 25.5. The lowest BCUT2D eigenvalue weighted by Crippen LogP contribution is -2.04. The largest absolute Gasteiger partial charge is 0.462 e. The van der Waals surface area contributed by atoms with E-state index in [0.717, 1.165) is 25.7 Å². The van der Waals surface area contributed by atoms with Crippen LogP contribution in [0.15, 0.2) is 59.7 Å². The Morgan fingerprint density at radius 1 is 1.09 bits per heavy atom. The van der Waals surface area contributed by atoms with E-state index < -0.39 is 0 Å². The molecule has 0 saturated heterocycles. The maximum atomic E-state index is 11.5. The number of carbonyl (C=O) groups is 2. The minimum Gasteiger partial charge on any atom is -0.462 e. The molecule has 3 aromatic heterocycles. The molecule has 33 heavy (non-hydrogen) atoms. The molecule has 8 nitrogen and oxygen atoms in total. The second-order valence-corrected chi connectivity index (χ2v) is 8.31.